The smallest absolute Gasteiger partial charge is 0.228 e. The summed E-state index contributed by atoms with van der Waals surface area (Å²) in [7, 11) is 1.67. The highest BCUT2D eigenvalue weighted by molar-refractivity contribution is 6.30. The van der Waals surface area contributed by atoms with Crippen LogP contribution < -0.4 is 5.32 Å². The SMILES string of the molecule is Cn1ncnc1NC(=O)CC1C2CC2C(=O)N1Cc1cccc(Cl)c1F. The van der Waals surface area contributed by atoms with E-state index in [2.05, 4.69) is 15.4 Å². The molecule has 0 radical (unpaired) electrons. The molecule has 9 heteroatoms. The van der Waals surface area contributed by atoms with E-state index >= 15 is 0 Å². The fourth-order valence-electron chi connectivity index (χ4n) is 3.62. The van der Waals surface area contributed by atoms with Gasteiger partial charge in [0, 0.05) is 37.5 Å². The van der Waals surface area contributed by atoms with Crippen molar-refractivity contribution in [2.45, 2.75) is 25.4 Å². The van der Waals surface area contributed by atoms with Gasteiger partial charge in [0.2, 0.25) is 17.8 Å². The van der Waals surface area contributed by atoms with Crippen LogP contribution in [0.25, 0.3) is 0 Å². The average Bonchev–Trinajstić information content (AvgIpc) is 3.24. The van der Waals surface area contributed by atoms with Crippen LogP contribution in [0.2, 0.25) is 5.02 Å². The van der Waals surface area contributed by atoms with Gasteiger partial charge in [-0.05, 0) is 18.4 Å². The second kappa shape index (κ2) is 6.35. The van der Waals surface area contributed by atoms with Gasteiger partial charge in [0.15, 0.2) is 0 Å². The number of carbonyl (C=O) groups excluding carboxylic acids is 2. The first-order valence-electron chi connectivity index (χ1n) is 8.33. The molecule has 1 aliphatic carbocycles. The van der Waals surface area contributed by atoms with Gasteiger partial charge in [0.25, 0.3) is 0 Å². The lowest BCUT2D eigenvalue weighted by atomic mass is 10.1. The summed E-state index contributed by atoms with van der Waals surface area (Å²) >= 11 is 5.83. The van der Waals surface area contributed by atoms with Crippen LogP contribution in [0.3, 0.4) is 0 Å². The number of fused-ring (bicyclic) bond motifs is 1. The third kappa shape index (κ3) is 2.94. The molecule has 3 atom stereocenters. The van der Waals surface area contributed by atoms with Crippen LogP contribution in [-0.2, 0) is 23.2 Å². The molecule has 2 aliphatic rings. The highest BCUT2D eigenvalue weighted by Gasteiger charge is 2.58. The summed E-state index contributed by atoms with van der Waals surface area (Å²) in [5, 5.41) is 6.61. The minimum atomic E-state index is -0.523. The summed E-state index contributed by atoms with van der Waals surface area (Å²) in [6.07, 6.45) is 2.27. The van der Waals surface area contributed by atoms with Crippen LogP contribution in [0.4, 0.5) is 10.3 Å². The van der Waals surface area contributed by atoms with E-state index < -0.39 is 5.82 Å². The maximum Gasteiger partial charge on any atom is 0.228 e. The predicted molar refractivity (Wildman–Crippen MR) is 91.6 cm³/mol. The number of aromatic nitrogens is 3. The first-order chi connectivity index (χ1) is 12.5. The van der Waals surface area contributed by atoms with E-state index in [0.29, 0.717) is 11.5 Å². The maximum atomic E-state index is 14.2. The lowest BCUT2D eigenvalue weighted by Gasteiger charge is -2.27. The first kappa shape index (κ1) is 17.0. The Morgan fingerprint density at radius 1 is 1.46 bits per heavy atom. The van der Waals surface area contributed by atoms with E-state index in [4.69, 9.17) is 11.6 Å². The van der Waals surface area contributed by atoms with Crippen LogP contribution in [0.5, 0.6) is 0 Å². The number of amides is 2. The number of carbonyl (C=O) groups is 2. The molecular weight excluding hydrogens is 361 g/mol. The van der Waals surface area contributed by atoms with Crippen molar-refractivity contribution in [2.24, 2.45) is 18.9 Å². The largest absolute Gasteiger partial charge is 0.334 e. The zero-order valence-electron chi connectivity index (χ0n) is 14.0. The zero-order chi connectivity index (χ0) is 18.4. The topological polar surface area (TPSA) is 80.1 Å². The van der Waals surface area contributed by atoms with Crippen molar-refractivity contribution in [2.75, 3.05) is 5.32 Å². The van der Waals surface area contributed by atoms with Crippen LogP contribution >= 0.6 is 11.6 Å². The molecule has 1 N–H and O–H groups in total. The van der Waals surface area contributed by atoms with Crippen molar-refractivity contribution < 1.29 is 14.0 Å². The summed E-state index contributed by atoms with van der Waals surface area (Å²) in [4.78, 5) is 30.5. The van der Waals surface area contributed by atoms with Crippen molar-refractivity contribution in [1.29, 1.82) is 0 Å². The molecule has 1 aromatic heterocycles. The Morgan fingerprint density at radius 2 is 2.27 bits per heavy atom. The molecule has 136 valence electrons. The van der Waals surface area contributed by atoms with Gasteiger partial charge < -0.3 is 4.90 Å². The second-order valence-corrected chi connectivity index (χ2v) is 7.12. The number of aryl methyl sites for hydroxylation is 1. The summed E-state index contributed by atoms with van der Waals surface area (Å²) in [6, 6.07) is 4.47. The van der Waals surface area contributed by atoms with Crippen LogP contribution in [0.1, 0.15) is 18.4 Å². The average molecular weight is 378 g/mol. The fourth-order valence-corrected chi connectivity index (χ4v) is 3.81. The van der Waals surface area contributed by atoms with E-state index in [1.807, 2.05) is 0 Å². The van der Waals surface area contributed by atoms with Gasteiger partial charge in [-0.15, -0.1) is 0 Å². The van der Waals surface area contributed by atoms with Gasteiger partial charge in [-0.1, -0.05) is 23.7 Å². The molecule has 1 aliphatic heterocycles. The van der Waals surface area contributed by atoms with Gasteiger partial charge in [-0.3, -0.25) is 14.9 Å². The normalized spacial score (nSPS) is 23.9. The monoisotopic (exact) mass is 377 g/mol. The predicted octanol–water partition coefficient (Wildman–Crippen LogP) is 1.98. The molecule has 1 saturated heterocycles. The van der Waals surface area contributed by atoms with Gasteiger partial charge in [-0.25, -0.2) is 9.07 Å². The number of nitrogens with one attached hydrogen (secondary N) is 1. The van der Waals surface area contributed by atoms with E-state index in [0.717, 1.165) is 6.42 Å². The summed E-state index contributed by atoms with van der Waals surface area (Å²) in [5.41, 5.74) is 0.353. The van der Waals surface area contributed by atoms with E-state index in [-0.39, 0.29) is 47.7 Å². The molecule has 1 saturated carbocycles. The van der Waals surface area contributed by atoms with E-state index in [1.165, 1.54) is 17.1 Å². The minimum absolute atomic E-state index is 0.0224. The number of hydrogen-bond acceptors (Lipinski definition) is 4. The third-order valence-electron chi connectivity index (χ3n) is 5.06. The molecule has 7 nitrogen and oxygen atoms in total. The highest BCUT2D eigenvalue weighted by Crippen LogP contribution is 2.52. The highest BCUT2D eigenvalue weighted by atomic mass is 35.5. The third-order valence-corrected chi connectivity index (χ3v) is 5.36. The molecule has 4 rings (SSSR count). The van der Waals surface area contributed by atoms with E-state index in [1.54, 1.807) is 24.1 Å². The Hall–Kier alpha value is -2.48. The molecule has 2 heterocycles. The summed E-state index contributed by atoms with van der Waals surface area (Å²) < 4.78 is 15.7. The lowest BCUT2D eigenvalue weighted by molar-refractivity contribution is -0.132. The zero-order valence-corrected chi connectivity index (χ0v) is 14.8. The number of halogens is 2. The summed E-state index contributed by atoms with van der Waals surface area (Å²) in [5.74, 6) is -0.349. The number of anilines is 1. The Balaban J connectivity index is 1.49. The first-order valence-corrected chi connectivity index (χ1v) is 8.70. The Bertz CT molecular complexity index is 886. The minimum Gasteiger partial charge on any atom is -0.334 e. The molecule has 0 bridgehead atoms. The number of benzene rings is 1. The van der Waals surface area contributed by atoms with Crippen LogP contribution in [0, 0.1) is 17.7 Å². The Morgan fingerprint density at radius 3 is 3.00 bits per heavy atom. The Labute approximate surface area is 154 Å². The van der Waals surface area contributed by atoms with Crippen LogP contribution in [-0.4, -0.2) is 37.5 Å². The van der Waals surface area contributed by atoms with Crippen molar-refractivity contribution in [1.82, 2.24) is 19.7 Å². The number of nitrogens with zero attached hydrogens (tertiary/aromatic N) is 4. The quantitative estimate of drug-likeness (QED) is 0.864. The number of rotatable bonds is 5. The van der Waals surface area contributed by atoms with Crippen molar-refractivity contribution in [3.63, 3.8) is 0 Å². The van der Waals surface area contributed by atoms with Gasteiger partial charge in [0.05, 0.1) is 5.02 Å². The lowest BCUT2D eigenvalue weighted by Crippen LogP contribution is -2.39. The molecule has 0 spiro atoms. The molecule has 2 aromatic rings. The summed E-state index contributed by atoms with van der Waals surface area (Å²) in [6.45, 7) is 0.111. The molecular formula is C17H17ClFN5O2. The molecule has 2 amide bonds. The van der Waals surface area contributed by atoms with Crippen molar-refractivity contribution >= 4 is 29.4 Å². The van der Waals surface area contributed by atoms with Crippen LogP contribution in [0.15, 0.2) is 24.5 Å². The number of hydrogen-bond donors (Lipinski definition) is 1. The molecule has 3 unspecified atom stereocenters. The van der Waals surface area contributed by atoms with Crippen molar-refractivity contribution in [3.8, 4) is 0 Å². The standard InChI is InChI=1S/C17H17ClFN5O2/c1-23-17(20-8-21-23)22-14(25)6-13-10-5-11(10)16(26)24(13)7-9-3-2-4-12(18)15(9)19/h2-4,8,10-11,13H,5-7H2,1H3,(H,20,21,22,25). The van der Waals surface area contributed by atoms with E-state index in [9.17, 15) is 14.0 Å². The van der Waals surface area contributed by atoms with Gasteiger partial charge in [-0.2, -0.15) is 10.1 Å². The van der Waals surface area contributed by atoms with Crippen molar-refractivity contribution in [3.05, 3.63) is 40.9 Å². The van der Waals surface area contributed by atoms with Gasteiger partial charge >= 0.3 is 0 Å². The molecule has 2 fully saturated rings. The number of likely N-dealkylation sites (tertiary alicyclic amines) is 1. The Kier molecular flexibility index (Phi) is 4.14. The second-order valence-electron chi connectivity index (χ2n) is 6.71. The molecule has 1 aromatic carbocycles. The maximum absolute atomic E-state index is 14.2. The number of piperidine rings is 1. The fraction of sp³-hybridized carbons (Fsp3) is 0.412. The van der Waals surface area contributed by atoms with Gasteiger partial charge in [0.1, 0.15) is 12.1 Å². The molecule has 26 heavy (non-hydrogen) atoms.